The van der Waals surface area contributed by atoms with E-state index >= 15 is 0 Å². The van der Waals surface area contributed by atoms with Crippen LogP contribution in [0, 0.1) is 5.92 Å². The summed E-state index contributed by atoms with van der Waals surface area (Å²) in [5.41, 5.74) is 0. The Kier molecular flexibility index (Phi) is 2.05. The van der Waals surface area contributed by atoms with Gasteiger partial charge in [0.25, 0.3) is 0 Å². The van der Waals surface area contributed by atoms with Gasteiger partial charge in [-0.1, -0.05) is 0 Å². The molecule has 0 aromatic carbocycles. The van der Waals surface area contributed by atoms with Crippen LogP contribution in [0.1, 0.15) is 19.8 Å². The summed E-state index contributed by atoms with van der Waals surface area (Å²) in [6.45, 7) is 4.19. The maximum Gasteiger partial charge on any atom is 0.219 e. The molecule has 0 aliphatic carbocycles. The maximum absolute atomic E-state index is 11.2. The molecule has 0 N–H and O–H groups in total. The Hall–Kier alpha value is -0.570. The largest absolute Gasteiger partial charge is 0.379 e. The summed E-state index contributed by atoms with van der Waals surface area (Å²) in [6.07, 6.45) is 2.37. The first-order valence-corrected chi connectivity index (χ1v) is 4.64. The second-order valence-corrected chi connectivity index (χ2v) is 3.72. The predicted octanol–water partition coefficient (Wildman–Crippen LogP) is 0.644. The lowest BCUT2D eigenvalue weighted by Gasteiger charge is -2.35. The van der Waals surface area contributed by atoms with Gasteiger partial charge in [-0.15, -0.1) is 0 Å². The lowest BCUT2D eigenvalue weighted by molar-refractivity contribution is -0.133. The Bertz CT molecular complexity index is 193. The fraction of sp³-hybridized carbons (Fsp3) is 0.889. The van der Waals surface area contributed by atoms with Gasteiger partial charge in [0.1, 0.15) is 0 Å². The van der Waals surface area contributed by atoms with E-state index in [1.54, 1.807) is 6.92 Å². The Labute approximate surface area is 72.7 Å². The molecule has 0 aromatic rings. The van der Waals surface area contributed by atoms with Crippen LogP contribution < -0.4 is 0 Å². The molecule has 2 atom stereocenters. The van der Waals surface area contributed by atoms with Gasteiger partial charge in [0.2, 0.25) is 5.91 Å². The van der Waals surface area contributed by atoms with Crippen molar-refractivity contribution in [1.82, 2.24) is 4.90 Å². The zero-order valence-corrected chi connectivity index (χ0v) is 7.45. The number of rotatable bonds is 0. The SMILES string of the molecule is CC(=O)N1CCC[C@@H]2COC[C@@H]21. The minimum absolute atomic E-state index is 0.204. The number of amides is 1. The molecule has 2 aliphatic heterocycles. The van der Waals surface area contributed by atoms with E-state index in [1.807, 2.05) is 4.90 Å². The number of piperidine rings is 1. The van der Waals surface area contributed by atoms with Gasteiger partial charge < -0.3 is 9.64 Å². The fourth-order valence-electron chi connectivity index (χ4n) is 2.29. The second kappa shape index (κ2) is 3.05. The quantitative estimate of drug-likeness (QED) is 0.532. The zero-order chi connectivity index (χ0) is 8.55. The molecule has 3 heteroatoms. The highest BCUT2D eigenvalue weighted by Crippen LogP contribution is 2.28. The summed E-state index contributed by atoms with van der Waals surface area (Å²) in [6, 6.07) is 0.385. The molecule has 0 bridgehead atoms. The number of ether oxygens (including phenoxy) is 1. The molecular weight excluding hydrogens is 154 g/mol. The summed E-state index contributed by atoms with van der Waals surface area (Å²) in [5, 5.41) is 0. The van der Waals surface area contributed by atoms with Crippen molar-refractivity contribution in [1.29, 1.82) is 0 Å². The summed E-state index contributed by atoms with van der Waals surface area (Å²) >= 11 is 0. The van der Waals surface area contributed by atoms with Crippen molar-refractivity contribution in [3.63, 3.8) is 0 Å². The van der Waals surface area contributed by atoms with E-state index in [0.717, 1.165) is 26.2 Å². The van der Waals surface area contributed by atoms with Gasteiger partial charge >= 0.3 is 0 Å². The molecule has 1 amide bonds. The van der Waals surface area contributed by atoms with Crippen LogP contribution in [0.25, 0.3) is 0 Å². The first-order valence-electron chi connectivity index (χ1n) is 4.64. The lowest BCUT2D eigenvalue weighted by Crippen LogP contribution is -2.47. The molecule has 2 aliphatic rings. The maximum atomic E-state index is 11.2. The van der Waals surface area contributed by atoms with Crippen LogP contribution in [-0.2, 0) is 9.53 Å². The lowest BCUT2D eigenvalue weighted by atomic mass is 9.92. The molecular formula is C9H15NO2. The van der Waals surface area contributed by atoms with Crippen molar-refractivity contribution in [2.24, 2.45) is 5.92 Å². The molecule has 68 valence electrons. The third-order valence-corrected chi connectivity index (χ3v) is 2.94. The van der Waals surface area contributed by atoms with Crippen molar-refractivity contribution in [3.8, 4) is 0 Å². The average molecular weight is 169 g/mol. The molecule has 12 heavy (non-hydrogen) atoms. The van der Waals surface area contributed by atoms with E-state index < -0.39 is 0 Å². The monoisotopic (exact) mass is 169 g/mol. The van der Waals surface area contributed by atoms with Crippen LogP contribution in [-0.4, -0.2) is 36.6 Å². The van der Waals surface area contributed by atoms with Crippen molar-refractivity contribution < 1.29 is 9.53 Å². The molecule has 0 saturated carbocycles. The Balaban J connectivity index is 2.08. The van der Waals surface area contributed by atoms with E-state index in [9.17, 15) is 4.79 Å². The topological polar surface area (TPSA) is 29.5 Å². The molecule has 0 unspecified atom stereocenters. The number of fused-ring (bicyclic) bond motifs is 1. The third-order valence-electron chi connectivity index (χ3n) is 2.94. The van der Waals surface area contributed by atoms with E-state index in [2.05, 4.69) is 0 Å². The summed E-state index contributed by atoms with van der Waals surface area (Å²) in [5.74, 6) is 0.817. The van der Waals surface area contributed by atoms with Crippen molar-refractivity contribution in [3.05, 3.63) is 0 Å². The summed E-state index contributed by atoms with van der Waals surface area (Å²) in [4.78, 5) is 13.2. The van der Waals surface area contributed by atoms with Crippen LogP contribution >= 0.6 is 0 Å². The van der Waals surface area contributed by atoms with Crippen LogP contribution in [0.3, 0.4) is 0 Å². The van der Waals surface area contributed by atoms with Gasteiger partial charge in [0, 0.05) is 19.4 Å². The Morgan fingerprint density at radius 2 is 2.33 bits per heavy atom. The minimum atomic E-state index is 0.204. The van der Waals surface area contributed by atoms with Crippen LogP contribution in [0.15, 0.2) is 0 Å². The highest BCUT2D eigenvalue weighted by Gasteiger charge is 2.36. The van der Waals surface area contributed by atoms with Crippen LogP contribution in [0.5, 0.6) is 0 Å². The second-order valence-electron chi connectivity index (χ2n) is 3.72. The van der Waals surface area contributed by atoms with Crippen LogP contribution in [0.2, 0.25) is 0 Å². The average Bonchev–Trinajstić information content (AvgIpc) is 2.49. The standard InChI is InChI=1S/C9H15NO2/c1-7(11)10-4-2-3-8-5-12-6-9(8)10/h8-9H,2-6H2,1H3/t8-,9+/m1/s1. The Morgan fingerprint density at radius 1 is 1.50 bits per heavy atom. The number of likely N-dealkylation sites (tertiary alicyclic amines) is 1. The minimum Gasteiger partial charge on any atom is -0.379 e. The number of hydrogen-bond donors (Lipinski definition) is 0. The molecule has 0 radical (unpaired) electrons. The van der Waals surface area contributed by atoms with Crippen molar-refractivity contribution >= 4 is 5.91 Å². The number of nitrogens with zero attached hydrogens (tertiary/aromatic N) is 1. The van der Waals surface area contributed by atoms with Gasteiger partial charge in [-0.25, -0.2) is 0 Å². The van der Waals surface area contributed by atoms with Crippen molar-refractivity contribution in [2.45, 2.75) is 25.8 Å². The van der Waals surface area contributed by atoms with E-state index in [4.69, 9.17) is 4.74 Å². The van der Waals surface area contributed by atoms with Crippen LogP contribution in [0.4, 0.5) is 0 Å². The molecule has 3 nitrogen and oxygen atoms in total. The highest BCUT2D eigenvalue weighted by molar-refractivity contribution is 5.73. The van der Waals surface area contributed by atoms with Gasteiger partial charge in [-0.2, -0.15) is 0 Å². The summed E-state index contributed by atoms with van der Waals surface area (Å²) in [7, 11) is 0. The normalized spacial score (nSPS) is 34.9. The fourth-order valence-corrected chi connectivity index (χ4v) is 2.29. The van der Waals surface area contributed by atoms with Gasteiger partial charge in [-0.05, 0) is 12.8 Å². The molecule has 0 spiro atoms. The smallest absolute Gasteiger partial charge is 0.219 e. The first-order chi connectivity index (χ1) is 5.79. The van der Waals surface area contributed by atoms with E-state index in [1.165, 1.54) is 6.42 Å². The third kappa shape index (κ3) is 1.22. The molecule has 2 fully saturated rings. The van der Waals surface area contributed by atoms with Gasteiger partial charge in [-0.3, -0.25) is 4.79 Å². The van der Waals surface area contributed by atoms with E-state index in [0.29, 0.717) is 12.0 Å². The molecule has 2 rings (SSSR count). The van der Waals surface area contributed by atoms with Gasteiger partial charge in [0.05, 0.1) is 19.3 Å². The number of hydrogen-bond acceptors (Lipinski definition) is 2. The number of carbonyl (C=O) groups is 1. The van der Waals surface area contributed by atoms with E-state index in [-0.39, 0.29) is 5.91 Å². The van der Waals surface area contributed by atoms with Crippen molar-refractivity contribution in [2.75, 3.05) is 19.8 Å². The highest BCUT2D eigenvalue weighted by atomic mass is 16.5. The molecule has 0 aromatic heterocycles. The first kappa shape index (κ1) is 8.05. The molecule has 2 heterocycles. The number of carbonyl (C=O) groups excluding carboxylic acids is 1. The summed E-state index contributed by atoms with van der Waals surface area (Å²) < 4.78 is 5.38. The zero-order valence-electron chi connectivity index (χ0n) is 7.45. The molecule has 2 saturated heterocycles. The van der Waals surface area contributed by atoms with Gasteiger partial charge in [0.15, 0.2) is 0 Å². The predicted molar refractivity (Wildman–Crippen MR) is 44.7 cm³/mol. The Morgan fingerprint density at radius 3 is 3.08 bits per heavy atom.